The predicted octanol–water partition coefficient (Wildman–Crippen LogP) is 1.63. The number of aliphatic hydroxyl groups is 1. The zero-order valence-electron chi connectivity index (χ0n) is 11.5. The molecule has 2 rings (SSSR count). The summed E-state index contributed by atoms with van der Waals surface area (Å²) in [7, 11) is 0. The van der Waals surface area contributed by atoms with E-state index in [0.29, 0.717) is 16.6 Å². The number of hydrogen-bond donors (Lipinski definition) is 2. The molecule has 114 valence electrons. The van der Waals surface area contributed by atoms with Crippen LogP contribution >= 0.6 is 12.4 Å². The van der Waals surface area contributed by atoms with Gasteiger partial charge in [0.2, 0.25) is 5.91 Å². The Balaban J connectivity index is 0.00000220. The van der Waals surface area contributed by atoms with Gasteiger partial charge < -0.3 is 15.0 Å². The largest absolute Gasteiger partial charge is 0.395 e. The molecule has 21 heavy (non-hydrogen) atoms. The van der Waals surface area contributed by atoms with E-state index < -0.39 is 4.92 Å². The van der Waals surface area contributed by atoms with Crippen molar-refractivity contribution in [2.24, 2.45) is 0 Å². The lowest BCUT2D eigenvalue weighted by Crippen LogP contribution is -2.11. The number of nitrogens with one attached hydrogen (secondary N) is 1. The molecular formula is C12H15ClN4O4. The molecule has 1 heterocycles. The Kier molecular flexibility index (Phi) is 5.23. The molecule has 0 spiro atoms. The smallest absolute Gasteiger partial charge is 0.318 e. The first kappa shape index (κ1) is 16.9. The standard InChI is InChI=1S/C12H14N4O4.ClH/c1-7-5-9-11(15(3-4-17)6-13-9)12(16(19)20)10(7)14-8(2)18;/h5-6,17H,3-4H2,1-2H3,(H,14,18);1H. The summed E-state index contributed by atoms with van der Waals surface area (Å²) < 4.78 is 1.50. The number of amides is 1. The molecule has 8 nitrogen and oxygen atoms in total. The number of hydrogen-bond acceptors (Lipinski definition) is 5. The van der Waals surface area contributed by atoms with Gasteiger partial charge in [-0.25, -0.2) is 4.98 Å². The summed E-state index contributed by atoms with van der Waals surface area (Å²) in [5, 5.41) is 22.9. The van der Waals surface area contributed by atoms with E-state index in [1.54, 1.807) is 13.0 Å². The van der Waals surface area contributed by atoms with Crippen molar-refractivity contribution in [3.05, 3.63) is 28.1 Å². The molecule has 0 saturated carbocycles. The summed E-state index contributed by atoms with van der Waals surface area (Å²) in [5.74, 6) is -0.385. The van der Waals surface area contributed by atoms with E-state index in [1.807, 2.05) is 0 Å². The van der Waals surface area contributed by atoms with Crippen molar-refractivity contribution >= 4 is 40.7 Å². The number of nitrogens with zero attached hydrogens (tertiary/aromatic N) is 3. The maximum atomic E-state index is 11.4. The molecule has 0 saturated heterocycles. The molecule has 1 aromatic carbocycles. The third kappa shape index (κ3) is 3.11. The van der Waals surface area contributed by atoms with Gasteiger partial charge in [-0.3, -0.25) is 14.9 Å². The molecule has 0 fully saturated rings. The van der Waals surface area contributed by atoms with Crippen molar-refractivity contribution in [2.45, 2.75) is 20.4 Å². The van der Waals surface area contributed by atoms with Crippen molar-refractivity contribution in [1.29, 1.82) is 0 Å². The highest BCUT2D eigenvalue weighted by Crippen LogP contribution is 2.36. The molecule has 0 atom stereocenters. The van der Waals surface area contributed by atoms with Crippen molar-refractivity contribution in [1.82, 2.24) is 9.55 Å². The Hall–Kier alpha value is -2.19. The van der Waals surface area contributed by atoms with Crippen molar-refractivity contribution in [2.75, 3.05) is 11.9 Å². The highest BCUT2D eigenvalue weighted by Gasteiger charge is 2.25. The van der Waals surface area contributed by atoms with Crippen LogP contribution in [0.1, 0.15) is 12.5 Å². The highest BCUT2D eigenvalue weighted by molar-refractivity contribution is 6.00. The maximum Gasteiger partial charge on any atom is 0.318 e. The lowest BCUT2D eigenvalue weighted by atomic mass is 10.1. The Morgan fingerprint density at radius 2 is 2.24 bits per heavy atom. The molecule has 0 unspecified atom stereocenters. The number of nitro groups is 1. The van der Waals surface area contributed by atoms with E-state index in [-0.39, 0.29) is 42.8 Å². The number of benzene rings is 1. The highest BCUT2D eigenvalue weighted by atomic mass is 35.5. The molecule has 9 heteroatoms. The van der Waals surface area contributed by atoms with Gasteiger partial charge in [-0.15, -0.1) is 12.4 Å². The topological polar surface area (TPSA) is 110 Å². The van der Waals surface area contributed by atoms with Crippen LogP contribution in [0.5, 0.6) is 0 Å². The summed E-state index contributed by atoms with van der Waals surface area (Å²) in [4.78, 5) is 26.2. The van der Waals surface area contributed by atoms with Crippen LogP contribution in [-0.2, 0) is 11.3 Å². The molecular weight excluding hydrogens is 300 g/mol. The lowest BCUT2D eigenvalue weighted by Gasteiger charge is -2.09. The van der Waals surface area contributed by atoms with Crippen LogP contribution in [0.3, 0.4) is 0 Å². The summed E-state index contributed by atoms with van der Waals surface area (Å²) in [6.45, 7) is 2.99. The average molecular weight is 315 g/mol. The second-order valence-electron chi connectivity index (χ2n) is 4.38. The Morgan fingerprint density at radius 1 is 1.57 bits per heavy atom. The van der Waals surface area contributed by atoms with Crippen LogP contribution in [0.15, 0.2) is 12.4 Å². The quantitative estimate of drug-likeness (QED) is 0.658. The summed E-state index contributed by atoms with van der Waals surface area (Å²) in [6, 6.07) is 1.67. The molecule has 0 aliphatic heterocycles. The van der Waals surface area contributed by atoms with E-state index >= 15 is 0 Å². The number of fused-ring (bicyclic) bond motifs is 1. The van der Waals surface area contributed by atoms with Gasteiger partial charge in [0, 0.05) is 13.5 Å². The molecule has 0 bridgehead atoms. The Labute approximate surface area is 126 Å². The first-order valence-corrected chi connectivity index (χ1v) is 5.97. The van der Waals surface area contributed by atoms with Gasteiger partial charge in [-0.1, -0.05) is 0 Å². The predicted molar refractivity (Wildman–Crippen MR) is 79.8 cm³/mol. The third-order valence-electron chi connectivity index (χ3n) is 2.90. The number of nitro benzene ring substituents is 1. The molecule has 0 aliphatic carbocycles. The van der Waals surface area contributed by atoms with Gasteiger partial charge in [0.1, 0.15) is 11.2 Å². The Morgan fingerprint density at radius 3 is 2.76 bits per heavy atom. The minimum absolute atomic E-state index is 0. The van der Waals surface area contributed by atoms with Gasteiger partial charge >= 0.3 is 5.69 Å². The summed E-state index contributed by atoms with van der Waals surface area (Å²) >= 11 is 0. The van der Waals surface area contributed by atoms with Crippen molar-refractivity contribution in [3.63, 3.8) is 0 Å². The van der Waals surface area contributed by atoms with E-state index in [0.717, 1.165) is 0 Å². The fraction of sp³-hybridized carbons (Fsp3) is 0.333. The monoisotopic (exact) mass is 314 g/mol. The van der Waals surface area contributed by atoms with Crippen LogP contribution in [0, 0.1) is 17.0 Å². The number of aliphatic hydroxyl groups excluding tert-OH is 1. The van der Waals surface area contributed by atoms with Gasteiger partial charge in [0.15, 0.2) is 0 Å². The second kappa shape index (κ2) is 6.51. The number of halogens is 1. The zero-order valence-corrected chi connectivity index (χ0v) is 12.3. The molecule has 2 N–H and O–H groups in total. The van der Waals surface area contributed by atoms with Crippen LogP contribution < -0.4 is 5.32 Å². The van der Waals surface area contributed by atoms with Crippen molar-refractivity contribution in [3.8, 4) is 0 Å². The van der Waals surface area contributed by atoms with Gasteiger partial charge in [0.05, 0.1) is 23.4 Å². The number of carbonyl (C=O) groups is 1. The number of carbonyl (C=O) groups excluding carboxylic acids is 1. The average Bonchev–Trinajstić information content (AvgIpc) is 2.72. The van der Waals surface area contributed by atoms with Crippen LogP contribution in [0.25, 0.3) is 11.0 Å². The van der Waals surface area contributed by atoms with Crippen LogP contribution in [0.4, 0.5) is 11.4 Å². The maximum absolute atomic E-state index is 11.4. The van der Waals surface area contributed by atoms with Gasteiger partial charge in [-0.05, 0) is 18.6 Å². The van der Waals surface area contributed by atoms with Gasteiger partial charge in [-0.2, -0.15) is 0 Å². The lowest BCUT2D eigenvalue weighted by molar-refractivity contribution is -0.382. The minimum Gasteiger partial charge on any atom is -0.395 e. The first-order chi connectivity index (χ1) is 9.45. The fourth-order valence-electron chi connectivity index (χ4n) is 2.13. The number of aromatic nitrogens is 2. The summed E-state index contributed by atoms with van der Waals surface area (Å²) in [5.41, 5.74) is 1.26. The SMILES string of the molecule is CC(=O)Nc1c(C)cc2ncn(CCO)c2c1[N+](=O)[O-].Cl. The molecule has 2 aromatic rings. The normalized spacial score (nSPS) is 10.2. The fourth-order valence-corrected chi connectivity index (χ4v) is 2.13. The zero-order chi connectivity index (χ0) is 14.9. The van der Waals surface area contributed by atoms with Crippen LogP contribution in [0.2, 0.25) is 0 Å². The number of aryl methyl sites for hydroxylation is 1. The van der Waals surface area contributed by atoms with E-state index in [2.05, 4.69) is 10.3 Å². The summed E-state index contributed by atoms with van der Waals surface area (Å²) in [6.07, 6.45) is 1.44. The van der Waals surface area contributed by atoms with Crippen molar-refractivity contribution < 1.29 is 14.8 Å². The number of anilines is 1. The van der Waals surface area contributed by atoms with Gasteiger partial charge in [0.25, 0.3) is 0 Å². The molecule has 0 radical (unpaired) electrons. The molecule has 1 aromatic heterocycles. The third-order valence-corrected chi connectivity index (χ3v) is 2.90. The first-order valence-electron chi connectivity index (χ1n) is 5.97. The molecule has 1 amide bonds. The number of rotatable bonds is 4. The number of imidazole rings is 1. The van der Waals surface area contributed by atoms with E-state index in [4.69, 9.17) is 5.11 Å². The van der Waals surface area contributed by atoms with Crippen LogP contribution in [-0.4, -0.2) is 32.1 Å². The Bertz CT molecular complexity index is 698. The van der Waals surface area contributed by atoms with E-state index in [9.17, 15) is 14.9 Å². The second-order valence-corrected chi connectivity index (χ2v) is 4.38. The minimum atomic E-state index is -0.545. The molecule has 0 aliphatic rings. The van der Waals surface area contributed by atoms with E-state index in [1.165, 1.54) is 17.8 Å².